The molecule has 2 aromatic heterocycles. The molecule has 12 N–H and O–H groups in total. The molecule has 0 radical (unpaired) electrons. The van der Waals surface area contributed by atoms with Crippen LogP contribution in [0.1, 0.15) is 39.8 Å². The number of Topliss-reactive ketones (excluding diaryl/α,β-unsaturated/α-hetero) is 1. The van der Waals surface area contributed by atoms with E-state index in [4.69, 9.17) is 29.7 Å². The monoisotopic (exact) mass is 941 g/mol. The minimum absolute atomic E-state index is 0.0310. The van der Waals surface area contributed by atoms with Gasteiger partial charge in [-0.25, -0.2) is 33.4 Å². The van der Waals surface area contributed by atoms with Crippen molar-refractivity contribution in [2.75, 3.05) is 37.8 Å². The van der Waals surface area contributed by atoms with Gasteiger partial charge in [0.25, 0.3) is 5.78 Å². The molecule has 2 unspecified atom stereocenters. The molecule has 0 aromatic carbocycles. The zero-order chi connectivity index (χ0) is 45.8. The lowest BCUT2D eigenvalue weighted by Crippen LogP contribution is -2.46. The standard InChI is InChI=1S/C23H38N7O17P3S.C4H4O5/c1-12(31)51-7-6-25-14(32)4-5-26-21(35)18(34)23(2,3)9-44-50(41,42)47-49(39,40)43-8-13-17(46-48(36,37)38)16(33)22(45-13)30-11-29-15-19(24)27-10-28-20(15)30;5-2(4(8)9)1-3(6)7/h10-11,13,16-18,22,33-34H,4-9H2,1-3H3,(H,25,32)(H,26,35)(H,39,40)(H,41,42)(H2,24,27,28)(H2,36,37,38);1H2,(H,6,7)(H,8,9)/t13-,16-,17-,18+,22-;/m1./s1. The maximum atomic E-state index is 12.6. The third kappa shape index (κ3) is 17.3. The molecule has 3 rings (SSSR count). The highest BCUT2D eigenvalue weighted by Gasteiger charge is 2.50. The number of hydrogen-bond donors (Lipinski definition) is 11. The predicted molar refractivity (Wildman–Crippen MR) is 198 cm³/mol. The molecule has 0 saturated carbocycles. The van der Waals surface area contributed by atoms with Gasteiger partial charge >= 0.3 is 35.4 Å². The van der Waals surface area contributed by atoms with Gasteiger partial charge in [0.2, 0.25) is 11.8 Å². The van der Waals surface area contributed by atoms with Crippen molar-refractivity contribution < 1.29 is 105 Å². The number of carbonyl (C=O) groups excluding carboxylic acids is 4. The summed E-state index contributed by atoms with van der Waals surface area (Å²) >= 11 is 1.03. The number of aliphatic carboxylic acids is 2. The van der Waals surface area contributed by atoms with E-state index >= 15 is 0 Å². The molecule has 29 nitrogen and oxygen atoms in total. The number of aliphatic hydroxyl groups is 2. The number of phosphoric acid groups is 3. The van der Waals surface area contributed by atoms with E-state index in [0.717, 1.165) is 29.0 Å². The number of nitrogens with zero attached hydrogens (tertiary/aromatic N) is 4. The number of ketones is 1. The van der Waals surface area contributed by atoms with Crippen LogP contribution in [0.15, 0.2) is 12.7 Å². The molecular formula is C27H42N7O22P3S. The number of aliphatic hydroxyl groups excluding tert-OH is 2. The second-order valence-corrected chi connectivity index (χ2v) is 18.2. The average molecular weight is 942 g/mol. The van der Waals surface area contributed by atoms with E-state index in [9.17, 15) is 72.2 Å². The van der Waals surface area contributed by atoms with Crippen molar-refractivity contribution in [3.05, 3.63) is 12.7 Å². The Morgan fingerprint density at radius 2 is 1.63 bits per heavy atom. The Labute approximate surface area is 341 Å². The predicted octanol–water partition coefficient (Wildman–Crippen LogP) is -2.20. The Hall–Kier alpha value is -3.83. The van der Waals surface area contributed by atoms with E-state index in [2.05, 4.69) is 34.4 Å². The number of hydrogen-bond acceptors (Lipinski definition) is 21. The van der Waals surface area contributed by atoms with Gasteiger partial charge in [-0.3, -0.25) is 42.1 Å². The highest BCUT2D eigenvalue weighted by molar-refractivity contribution is 8.13. The van der Waals surface area contributed by atoms with Crippen LogP contribution >= 0.6 is 35.2 Å². The number of anilines is 1. The summed E-state index contributed by atoms with van der Waals surface area (Å²) in [5.74, 6) is -5.53. The van der Waals surface area contributed by atoms with Crippen molar-refractivity contribution in [1.29, 1.82) is 0 Å². The maximum Gasteiger partial charge on any atom is 0.481 e. The molecule has 0 aliphatic carbocycles. The molecule has 1 saturated heterocycles. The Bertz CT molecular complexity index is 2030. The zero-order valence-corrected chi connectivity index (χ0v) is 34.9. The number of rotatable bonds is 22. The fraction of sp³-hybridized carbons (Fsp3) is 0.593. The molecule has 33 heteroatoms. The number of imidazole rings is 1. The van der Waals surface area contributed by atoms with Gasteiger partial charge in [-0.2, -0.15) is 4.31 Å². The van der Waals surface area contributed by atoms with Gasteiger partial charge in [0, 0.05) is 37.6 Å². The second kappa shape index (κ2) is 22.3. The summed E-state index contributed by atoms with van der Waals surface area (Å²) in [5.41, 5.74) is 4.26. The minimum Gasteiger partial charge on any atom is -0.481 e. The van der Waals surface area contributed by atoms with Crippen molar-refractivity contribution in [2.45, 2.75) is 64.3 Å². The average Bonchev–Trinajstić information content (AvgIpc) is 3.68. The zero-order valence-electron chi connectivity index (χ0n) is 31.4. The summed E-state index contributed by atoms with van der Waals surface area (Å²) < 4.78 is 61.8. The van der Waals surface area contributed by atoms with E-state index in [1.54, 1.807) is 0 Å². The van der Waals surface area contributed by atoms with Gasteiger partial charge in [-0.1, -0.05) is 25.6 Å². The SMILES string of the molecule is CC(=O)SCCNC(=O)CCNC(=O)[C@H](O)C(C)(C)COP(=O)(O)OP(=O)(O)OC[C@H]1O[C@@H](n2cnc3c(N)ncnc32)[C@H](O)[C@@H]1OP(=O)(O)O.O=C(O)CC(=O)C(=O)O. The van der Waals surface area contributed by atoms with Crippen molar-refractivity contribution in [2.24, 2.45) is 5.41 Å². The van der Waals surface area contributed by atoms with Gasteiger partial charge in [-0.05, 0) is 0 Å². The number of carboxylic acid groups (broad SMARTS) is 2. The lowest BCUT2D eigenvalue weighted by atomic mass is 9.87. The third-order valence-corrected chi connectivity index (χ3v) is 11.3. The molecular weight excluding hydrogens is 899 g/mol. The number of aromatic nitrogens is 4. The van der Waals surface area contributed by atoms with Crippen LogP contribution in [0.5, 0.6) is 0 Å². The van der Waals surface area contributed by atoms with Crippen LogP contribution in [0.3, 0.4) is 0 Å². The number of nitrogens with one attached hydrogen (secondary N) is 2. The Kier molecular flexibility index (Phi) is 19.5. The summed E-state index contributed by atoms with van der Waals surface area (Å²) in [4.78, 5) is 115. The number of ether oxygens (including phenoxy) is 1. The molecule has 0 bridgehead atoms. The highest BCUT2D eigenvalue weighted by atomic mass is 32.2. The molecule has 1 fully saturated rings. The van der Waals surface area contributed by atoms with Crippen LogP contribution in [0.25, 0.3) is 11.2 Å². The fourth-order valence-electron chi connectivity index (χ4n) is 4.54. The number of amides is 2. The van der Waals surface area contributed by atoms with Gasteiger partial charge in [0.1, 0.15) is 42.7 Å². The first-order chi connectivity index (χ1) is 27.6. The molecule has 7 atom stereocenters. The van der Waals surface area contributed by atoms with Crippen LogP contribution in [0.2, 0.25) is 0 Å². The lowest BCUT2D eigenvalue weighted by molar-refractivity contribution is -0.152. The second-order valence-electron chi connectivity index (χ2n) is 12.7. The first-order valence-electron chi connectivity index (χ1n) is 16.6. The number of nitrogens with two attached hydrogens (primary N) is 1. The van der Waals surface area contributed by atoms with Crippen LogP contribution < -0.4 is 16.4 Å². The maximum absolute atomic E-state index is 12.6. The highest BCUT2D eigenvalue weighted by Crippen LogP contribution is 2.61. The molecule has 2 amide bonds. The van der Waals surface area contributed by atoms with E-state index in [1.165, 1.54) is 20.8 Å². The van der Waals surface area contributed by atoms with E-state index in [0.29, 0.717) is 5.75 Å². The van der Waals surface area contributed by atoms with Crippen LogP contribution in [0, 0.1) is 5.41 Å². The summed E-state index contributed by atoms with van der Waals surface area (Å²) in [7, 11) is -16.4. The number of phosphoric ester groups is 3. The smallest absolute Gasteiger partial charge is 0.481 e. The first kappa shape index (κ1) is 52.3. The first-order valence-corrected chi connectivity index (χ1v) is 22.1. The molecule has 2 aromatic rings. The van der Waals surface area contributed by atoms with Crippen LogP contribution in [-0.2, 0) is 65.1 Å². The van der Waals surface area contributed by atoms with Gasteiger partial charge < -0.3 is 61.1 Å². The lowest BCUT2D eigenvalue weighted by Gasteiger charge is -2.30. The number of fused-ring (bicyclic) bond motifs is 1. The van der Waals surface area contributed by atoms with E-state index < -0.39 is 109 Å². The molecule has 338 valence electrons. The van der Waals surface area contributed by atoms with Crippen molar-refractivity contribution in [3.63, 3.8) is 0 Å². The van der Waals surface area contributed by atoms with Gasteiger partial charge in [-0.15, -0.1) is 0 Å². The van der Waals surface area contributed by atoms with Crippen LogP contribution in [0.4, 0.5) is 5.82 Å². The Morgan fingerprint density at radius 3 is 2.20 bits per heavy atom. The topological polar surface area (TPSA) is 455 Å². The minimum atomic E-state index is -5.56. The van der Waals surface area contributed by atoms with Crippen molar-refractivity contribution >= 4 is 86.9 Å². The summed E-state index contributed by atoms with van der Waals surface area (Å²) in [5, 5.41) is 41.7. The van der Waals surface area contributed by atoms with Gasteiger partial charge in [0.15, 0.2) is 22.8 Å². The number of nitrogen functional groups attached to an aromatic ring is 1. The molecule has 3 heterocycles. The Balaban J connectivity index is 0.00000123. The molecule has 0 spiro atoms. The molecule has 60 heavy (non-hydrogen) atoms. The van der Waals surface area contributed by atoms with E-state index in [1.807, 2.05) is 0 Å². The Morgan fingerprint density at radius 1 is 1.00 bits per heavy atom. The number of thioether (sulfide) groups is 1. The van der Waals surface area contributed by atoms with Gasteiger partial charge in [0.05, 0.1) is 19.5 Å². The molecule has 1 aliphatic heterocycles. The van der Waals surface area contributed by atoms with E-state index in [-0.39, 0.29) is 41.6 Å². The number of carbonyl (C=O) groups is 6. The third-order valence-electron chi connectivity index (χ3n) is 7.36. The summed E-state index contributed by atoms with van der Waals surface area (Å²) in [6.07, 6.45) is -7.83. The summed E-state index contributed by atoms with van der Waals surface area (Å²) in [6, 6.07) is 0. The summed E-state index contributed by atoms with van der Waals surface area (Å²) in [6.45, 7) is 1.90. The number of carboxylic acids is 2. The quantitative estimate of drug-likeness (QED) is 0.0258. The van der Waals surface area contributed by atoms with Crippen molar-refractivity contribution in [3.8, 4) is 0 Å². The normalized spacial score (nSPS) is 20.5. The van der Waals surface area contributed by atoms with Crippen LogP contribution in [-0.4, -0.2) is 151 Å². The fourth-order valence-corrected chi connectivity index (χ4v) is 7.86. The molecule has 1 aliphatic rings. The van der Waals surface area contributed by atoms with Crippen molar-refractivity contribution in [1.82, 2.24) is 30.2 Å². The largest absolute Gasteiger partial charge is 0.481 e.